The summed E-state index contributed by atoms with van der Waals surface area (Å²) < 4.78 is 2.48. The van der Waals surface area contributed by atoms with Crippen molar-refractivity contribution in [2.45, 2.75) is 31.2 Å². The number of nitrogens with one attached hydrogen (secondary N) is 1. The molecule has 2 atom stereocenters. The minimum atomic E-state index is 0.493. The molecule has 0 spiro atoms. The smallest absolute Gasteiger partial charge is 0.0515 e. The van der Waals surface area contributed by atoms with Crippen molar-refractivity contribution in [3.8, 4) is 0 Å². The number of benzene rings is 2. The van der Waals surface area contributed by atoms with E-state index < -0.39 is 0 Å². The average Bonchev–Trinajstić information content (AvgIpc) is 3.21. The van der Waals surface area contributed by atoms with Gasteiger partial charge in [0, 0.05) is 48.1 Å². The van der Waals surface area contributed by atoms with E-state index in [4.69, 9.17) is 11.6 Å². The first-order valence-corrected chi connectivity index (χ1v) is 9.26. The van der Waals surface area contributed by atoms with Crippen LogP contribution in [0.15, 0.2) is 48.7 Å². The quantitative estimate of drug-likeness (QED) is 0.717. The van der Waals surface area contributed by atoms with Gasteiger partial charge in [0.15, 0.2) is 0 Å². The van der Waals surface area contributed by atoms with E-state index in [9.17, 15) is 0 Å². The minimum absolute atomic E-state index is 0.493. The van der Waals surface area contributed by atoms with Gasteiger partial charge in [-0.1, -0.05) is 41.9 Å². The molecule has 0 radical (unpaired) electrons. The van der Waals surface area contributed by atoms with Crippen molar-refractivity contribution < 1.29 is 0 Å². The summed E-state index contributed by atoms with van der Waals surface area (Å²) in [6.07, 6.45) is 4.88. The van der Waals surface area contributed by atoms with Gasteiger partial charge in [-0.15, -0.1) is 0 Å². The van der Waals surface area contributed by atoms with Crippen molar-refractivity contribution in [2.75, 3.05) is 13.1 Å². The maximum atomic E-state index is 6.24. The van der Waals surface area contributed by atoms with Crippen molar-refractivity contribution in [1.82, 2.24) is 9.88 Å². The number of aromatic nitrogens is 1. The third-order valence-corrected chi connectivity index (χ3v) is 5.98. The van der Waals surface area contributed by atoms with Crippen LogP contribution in [-0.2, 0) is 13.0 Å². The summed E-state index contributed by atoms with van der Waals surface area (Å²) in [7, 11) is 0. The second kappa shape index (κ2) is 5.65. The number of rotatable bonds is 2. The van der Waals surface area contributed by atoms with Crippen LogP contribution >= 0.6 is 11.6 Å². The van der Waals surface area contributed by atoms with Crippen molar-refractivity contribution >= 4 is 22.5 Å². The number of hydrogen-bond donors (Lipinski definition) is 1. The van der Waals surface area contributed by atoms with E-state index in [-0.39, 0.29) is 0 Å². The van der Waals surface area contributed by atoms with Crippen LogP contribution in [0, 0.1) is 0 Å². The predicted molar refractivity (Wildman–Crippen MR) is 100 cm³/mol. The molecule has 3 aromatic rings. The third kappa shape index (κ3) is 2.21. The van der Waals surface area contributed by atoms with Gasteiger partial charge in [-0.05, 0) is 41.7 Å². The van der Waals surface area contributed by atoms with Crippen LogP contribution in [-0.4, -0.2) is 17.7 Å². The Hall–Kier alpha value is -1.77. The van der Waals surface area contributed by atoms with E-state index in [1.165, 1.54) is 40.4 Å². The molecule has 0 bridgehead atoms. The van der Waals surface area contributed by atoms with Gasteiger partial charge in [-0.2, -0.15) is 0 Å². The lowest BCUT2D eigenvalue weighted by Gasteiger charge is -2.19. The molecule has 24 heavy (non-hydrogen) atoms. The molecule has 0 aliphatic carbocycles. The zero-order chi connectivity index (χ0) is 16.1. The molecular formula is C21H21ClN2. The Morgan fingerprint density at radius 3 is 2.83 bits per heavy atom. The van der Waals surface area contributed by atoms with E-state index in [2.05, 4.69) is 52.5 Å². The number of hydrogen-bond acceptors (Lipinski definition) is 1. The first-order chi connectivity index (χ1) is 11.8. The van der Waals surface area contributed by atoms with Crippen LogP contribution in [0.25, 0.3) is 10.9 Å². The van der Waals surface area contributed by atoms with Gasteiger partial charge in [-0.25, -0.2) is 0 Å². The van der Waals surface area contributed by atoms with E-state index in [1.54, 1.807) is 0 Å². The van der Waals surface area contributed by atoms with E-state index >= 15 is 0 Å². The molecule has 122 valence electrons. The maximum absolute atomic E-state index is 6.24. The largest absolute Gasteiger partial charge is 0.347 e. The van der Waals surface area contributed by atoms with E-state index in [0.717, 1.165) is 24.7 Å². The van der Waals surface area contributed by atoms with Crippen molar-refractivity contribution in [1.29, 1.82) is 0 Å². The van der Waals surface area contributed by atoms with Crippen LogP contribution in [0.2, 0.25) is 5.02 Å². The standard InChI is InChI=1S/C21H21ClN2/c22-16-7-1-5-15(10-16)18-11-23-12-19(18)20-13-24-9-3-6-14-4-2-8-17(20)21(14)24/h1-2,4-5,7-8,10,13,18-19,23H,3,6,9,11-12H2/t18-,19-/m1/s1. The maximum Gasteiger partial charge on any atom is 0.0515 e. The molecule has 5 rings (SSSR count). The molecular weight excluding hydrogens is 316 g/mol. The van der Waals surface area contributed by atoms with Gasteiger partial charge < -0.3 is 9.88 Å². The number of para-hydroxylation sites is 1. The molecule has 1 fully saturated rings. The molecule has 2 aromatic carbocycles. The van der Waals surface area contributed by atoms with E-state index in [1.807, 2.05) is 6.07 Å². The molecule has 3 heteroatoms. The second-order valence-electron chi connectivity index (χ2n) is 7.12. The monoisotopic (exact) mass is 336 g/mol. The SMILES string of the molecule is Clc1cccc([C@H]2CNC[C@H]2c2cn3c4c(cccc24)CCC3)c1. The Labute approximate surface area is 147 Å². The number of nitrogens with zero attached hydrogens (tertiary/aromatic N) is 1. The molecule has 0 unspecified atom stereocenters. The summed E-state index contributed by atoms with van der Waals surface area (Å²) in [6, 6.07) is 15.2. The van der Waals surface area contributed by atoms with Gasteiger partial charge in [0.25, 0.3) is 0 Å². The Balaban J connectivity index is 1.63. The lowest BCUT2D eigenvalue weighted by Crippen LogP contribution is -2.09. The van der Waals surface area contributed by atoms with Gasteiger partial charge in [-0.3, -0.25) is 0 Å². The Bertz CT molecular complexity index is 911. The van der Waals surface area contributed by atoms with Crippen LogP contribution in [0.3, 0.4) is 0 Å². The zero-order valence-electron chi connectivity index (χ0n) is 13.6. The van der Waals surface area contributed by atoms with Crippen molar-refractivity contribution in [2.24, 2.45) is 0 Å². The first kappa shape index (κ1) is 14.6. The summed E-state index contributed by atoms with van der Waals surface area (Å²) >= 11 is 6.24. The lowest BCUT2D eigenvalue weighted by atomic mass is 9.84. The molecule has 1 saturated heterocycles. The highest BCUT2D eigenvalue weighted by molar-refractivity contribution is 6.30. The minimum Gasteiger partial charge on any atom is -0.347 e. The van der Waals surface area contributed by atoms with Crippen LogP contribution in [0.4, 0.5) is 0 Å². The van der Waals surface area contributed by atoms with E-state index in [0.29, 0.717) is 11.8 Å². The second-order valence-corrected chi connectivity index (χ2v) is 7.56. The highest BCUT2D eigenvalue weighted by Gasteiger charge is 2.32. The predicted octanol–water partition coefficient (Wildman–Crippen LogP) is 4.71. The molecule has 1 aromatic heterocycles. The number of halogens is 1. The van der Waals surface area contributed by atoms with Crippen LogP contribution in [0.1, 0.15) is 34.9 Å². The van der Waals surface area contributed by atoms with Gasteiger partial charge in [0.05, 0.1) is 5.52 Å². The first-order valence-electron chi connectivity index (χ1n) is 8.88. The molecule has 1 N–H and O–H groups in total. The fourth-order valence-corrected chi connectivity index (χ4v) is 4.87. The Morgan fingerprint density at radius 2 is 1.92 bits per heavy atom. The fraction of sp³-hybridized carbons (Fsp3) is 0.333. The lowest BCUT2D eigenvalue weighted by molar-refractivity contribution is 0.625. The summed E-state index contributed by atoms with van der Waals surface area (Å²) in [5.74, 6) is 1.01. The zero-order valence-corrected chi connectivity index (χ0v) is 14.4. The normalized spacial score (nSPS) is 23.0. The topological polar surface area (TPSA) is 17.0 Å². The molecule has 3 heterocycles. The summed E-state index contributed by atoms with van der Waals surface area (Å²) in [5.41, 5.74) is 5.83. The molecule has 2 nitrogen and oxygen atoms in total. The van der Waals surface area contributed by atoms with Gasteiger partial charge in [0.1, 0.15) is 0 Å². The Morgan fingerprint density at radius 1 is 1.04 bits per heavy atom. The summed E-state index contributed by atoms with van der Waals surface area (Å²) in [4.78, 5) is 0. The van der Waals surface area contributed by atoms with Crippen LogP contribution in [0.5, 0.6) is 0 Å². The highest BCUT2D eigenvalue weighted by atomic mass is 35.5. The molecule has 0 saturated carbocycles. The molecule has 2 aliphatic rings. The fourth-order valence-electron chi connectivity index (χ4n) is 4.67. The Kier molecular flexibility index (Phi) is 3.43. The molecule has 0 amide bonds. The summed E-state index contributed by atoms with van der Waals surface area (Å²) in [5, 5.41) is 5.89. The van der Waals surface area contributed by atoms with Gasteiger partial charge in [0.2, 0.25) is 0 Å². The number of aryl methyl sites for hydroxylation is 2. The van der Waals surface area contributed by atoms with Crippen LogP contribution < -0.4 is 5.32 Å². The highest BCUT2D eigenvalue weighted by Crippen LogP contribution is 2.41. The summed E-state index contributed by atoms with van der Waals surface area (Å²) in [6.45, 7) is 3.22. The van der Waals surface area contributed by atoms with Crippen molar-refractivity contribution in [3.63, 3.8) is 0 Å². The third-order valence-electron chi connectivity index (χ3n) is 5.75. The average molecular weight is 337 g/mol. The van der Waals surface area contributed by atoms with Crippen molar-refractivity contribution in [3.05, 3.63) is 70.4 Å². The van der Waals surface area contributed by atoms with Gasteiger partial charge >= 0.3 is 0 Å². The molecule has 2 aliphatic heterocycles.